The fourth-order valence-electron chi connectivity index (χ4n) is 0.789. The molecule has 0 heterocycles. The summed E-state index contributed by atoms with van der Waals surface area (Å²) in [4.78, 5) is 21.9. The molecule has 3 heteroatoms. The third-order valence-electron chi connectivity index (χ3n) is 1.98. The van der Waals surface area contributed by atoms with Crippen LogP contribution in [0.2, 0.25) is 0 Å². The highest BCUT2D eigenvalue weighted by Gasteiger charge is 2.27. The molecule has 0 aliphatic heterocycles. The summed E-state index contributed by atoms with van der Waals surface area (Å²) >= 11 is 0. The van der Waals surface area contributed by atoms with Gasteiger partial charge >= 0.3 is 0 Å². The first-order valence-electron chi connectivity index (χ1n) is 4.25. The molecular weight excluding hydrogens is 159 g/mol. The van der Waals surface area contributed by atoms with E-state index in [1.165, 1.54) is 0 Å². The summed E-state index contributed by atoms with van der Waals surface area (Å²) < 4.78 is 12.9. The number of carbonyl (C=O) groups excluding carboxylic acids is 2. The molecule has 12 heavy (non-hydrogen) atoms. The maximum absolute atomic E-state index is 12.9. The van der Waals surface area contributed by atoms with Gasteiger partial charge < -0.3 is 0 Å². The zero-order valence-corrected chi connectivity index (χ0v) is 7.76. The van der Waals surface area contributed by atoms with Gasteiger partial charge in [-0.25, -0.2) is 4.39 Å². The average Bonchev–Trinajstić information content (AvgIpc) is 2.12. The molecule has 0 radical (unpaired) electrons. The number of hydrogen-bond donors (Lipinski definition) is 0. The summed E-state index contributed by atoms with van der Waals surface area (Å²) in [7, 11) is 0. The second kappa shape index (κ2) is 5.01. The van der Waals surface area contributed by atoms with E-state index in [0.29, 0.717) is 6.42 Å². The lowest BCUT2D eigenvalue weighted by Gasteiger charge is -2.09. The summed E-state index contributed by atoms with van der Waals surface area (Å²) in [5.41, 5.74) is 0. The van der Waals surface area contributed by atoms with Gasteiger partial charge in [0.1, 0.15) is 0 Å². The van der Waals surface area contributed by atoms with Crippen molar-refractivity contribution in [1.29, 1.82) is 0 Å². The minimum Gasteiger partial charge on any atom is -0.296 e. The molecule has 0 amide bonds. The van der Waals surface area contributed by atoms with Crippen molar-refractivity contribution in [1.82, 2.24) is 0 Å². The molecule has 0 rings (SSSR count). The molecule has 0 aromatic carbocycles. The maximum Gasteiger partial charge on any atom is 0.216 e. The Kier molecular flexibility index (Phi) is 4.71. The van der Waals surface area contributed by atoms with Crippen molar-refractivity contribution in [2.75, 3.05) is 0 Å². The van der Waals surface area contributed by atoms with E-state index in [2.05, 4.69) is 0 Å². The number of carbonyl (C=O) groups is 2. The highest BCUT2D eigenvalue weighted by Crippen LogP contribution is 2.09. The van der Waals surface area contributed by atoms with E-state index in [0.717, 1.165) is 0 Å². The van der Waals surface area contributed by atoms with Crippen molar-refractivity contribution in [3.05, 3.63) is 0 Å². The van der Waals surface area contributed by atoms with Crippen molar-refractivity contribution in [3.63, 3.8) is 0 Å². The van der Waals surface area contributed by atoms with Crippen LogP contribution in [0.15, 0.2) is 0 Å². The lowest BCUT2D eigenvalue weighted by Crippen LogP contribution is -2.29. The second-order valence-corrected chi connectivity index (χ2v) is 2.89. The molecule has 2 atom stereocenters. The minimum absolute atomic E-state index is 0.0866. The van der Waals surface area contributed by atoms with Gasteiger partial charge in [-0.1, -0.05) is 20.8 Å². The normalized spacial score (nSPS) is 15.3. The van der Waals surface area contributed by atoms with E-state index in [9.17, 15) is 14.0 Å². The molecule has 0 bridgehead atoms. The largest absolute Gasteiger partial charge is 0.296 e. The number of rotatable bonds is 5. The van der Waals surface area contributed by atoms with Crippen LogP contribution in [-0.4, -0.2) is 17.7 Å². The third kappa shape index (κ3) is 2.72. The fourth-order valence-corrected chi connectivity index (χ4v) is 0.789. The van der Waals surface area contributed by atoms with Crippen molar-refractivity contribution < 1.29 is 14.0 Å². The van der Waals surface area contributed by atoms with Gasteiger partial charge in [0.15, 0.2) is 11.6 Å². The Hall–Kier alpha value is -0.730. The van der Waals surface area contributed by atoms with E-state index in [4.69, 9.17) is 0 Å². The first-order valence-corrected chi connectivity index (χ1v) is 4.25. The Morgan fingerprint density at radius 3 is 2.17 bits per heavy atom. The van der Waals surface area contributed by atoms with Gasteiger partial charge in [0.05, 0.1) is 0 Å². The van der Waals surface area contributed by atoms with Crippen LogP contribution in [0.1, 0.15) is 33.6 Å². The second-order valence-electron chi connectivity index (χ2n) is 2.89. The van der Waals surface area contributed by atoms with Gasteiger partial charge in [0.25, 0.3) is 0 Å². The van der Waals surface area contributed by atoms with Gasteiger partial charge in [-0.05, 0) is 6.42 Å². The molecule has 0 saturated carbocycles. The van der Waals surface area contributed by atoms with Crippen molar-refractivity contribution in [3.8, 4) is 0 Å². The first kappa shape index (κ1) is 11.3. The van der Waals surface area contributed by atoms with Gasteiger partial charge in [-0.2, -0.15) is 0 Å². The lowest BCUT2D eigenvalue weighted by molar-refractivity contribution is -0.136. The predicted octanol–water partition coefficient (Wildman–Crippen LogP) is 1.92. The Morgan fingerprint density at radius 2 is 1.83 bits per heavy atom. The summed E-state index contributed by atoms with van der Waals surface area (Å²) in [6, 6.07) is 0. The van der Waals surface area contributed by atoms with E-state index >= 15 is 0 Å². The average molecular weight is 174 g/mol. The summed E-state index contributed by atoms with van der Waals surface area (Å²) in [5.74, 6) is -1.54. The van der Waals surface area contributed by atoms with E-state index in [-0.39, 0.29) is 12.3 Å². The van der Waals surface area contributed by atoms with Crippen molar-refractivity contribution in [2.24, 2.45) is 5.92 Å². The highest BCUT2D eigenvalue weighted by molar-refractivity contribution is 6.05. The molecule has 0 aliphatic rings. The summed E-state index contributed by atoms with van der Waals surface area (Å²) in [5, 5.41) is 0. The monoisotopic (exact) mass is 174 g/mol. The number of halogens is 1. The van der Waals surface area contributed by atoms with Gasteiger partial charge in [-0.15, -0.1) is 0 Å². The fraction of sp³-hybridized carbons (Fsp3) is 0.778. The molecule has 0 N–H and O–H groups in total. The zero-order chi connectivity index (χ0) is 9.72. The Morgan fingerprint density at radius 1 is 1.33 bits per heavy atom. The van der Waals surface area contributed by atoms with Crippen LogP contribution in [0.4, 0.5) is 4.39 Å². The van der Waals surface area contributed by atoms with Gasteiger partial charge in [-0.3, -0.25) is 9.59 Å². The highest BCUT2D eigenvalue weighted by atomic mass is 19.1. The van der Waals surface area contributed by atoms with Crippen LogP contribution in [-0.2, 0) is 9.59 Å². The predicted molar refractivity (Wildman–Crippen MR) is 44.7 cm³/mol. The lowest BCUT2D eigenvalue weighted by atomic mass is 9.97. The number of hydrogen-bond acceptors (Lipinski definition) is 2. The van der Waals surface area contributed by atoms with Crippen molar-refractivity contribution >= 4 is 11.6 Å². The number of alkyl halides is 1. The Labute approximate surface area is 72.1 Å². The molecular formula is C9H15FO2. The van der Waals surface area contributed by atoms with E-state index < -0.39 is 17.7 Å². The molecule has 70 valence electrons. The Bertz CT molecular complexity index is 177. The summed E-state index contributed by atoms with van der Waals surface area (Å²) in [6.07, 6.45) is -1.23. The third-order valence-corrected chi connectivity index (χ3v) is 1.98. The van der Waals surface area contributed by atoms with Crippen LogP contribution in [0, 0.1) is 5.92 Å². The standard InChI is InChI=1S/C9H15FO2/c1-4-6(3)9(12)8(10)7(11)5-2/h6,8H,4-5H2,1-3H3. The molecule has 0 aromatic rings. The molecule has 0 fully saturated rings. The van der Waals surface area contributed by atoms with Gasteiger partial charge in [0.2, 0.25) is 6.17 Å². The molecule has 0 saturated heterocycles. The molecule has 0 aromatic heterocycles. The van der Waals surface area contributed by atoms with Crippen LogP contribution in [0.25, 0.3) is 0 Å². The Balaban J connectivity index is 4.19. The number of Topliss-reactive ketones (excluding diaryl/α,β-unsaturated/α-hetero) is 2. The molecule has 2 nitrogen and oxygen atoms in total. The minimum atomic E-state index is -1.90. The van der Waals surface area contributed by atoms with Crippen LogP contribution >= 0.6 is 0 Å². The first-order chi connectivity index (χ1) is 5.54. The SMILES string of the molecule is CCC(=O)C(F)C(=O)C(C)CC. The van der Waals surface area contributed by atoms with E-state index in [1.54, 1.807) is 20.8 Å². The maximum atomic E-state index is 12.9. The van der Waals surface area contributed by atoms with Crippen LogP contribution in [0.5, 0.6) is 0 Å². The molecule has 0 aliphatic carbocycles. The van der Waals surface area contributed by atoms with Crippen LogP contribution in [0.3, 0.4) is 0 Å². The zero-order valence-electron chi connectivity index (χ0n) is 7.76. The smallest absolute Gasteiger partial charge is 0.216 e. The topological polar surface area (TPSA) is 34.1 Å². The quantitative estimate of drug-likeness (QED) is 0.597. The van der Waals surface area contributed by atoms with Gasteiger partial charge in [0, 0.05) is 12.3 Å². The molecule has 0 spiro atoms. The van der Waals surface area contributed by atoms with Crippen LogP contribution < -0.4 is 0 Å². The van der Waals surface area contributed by atoms with Crippen molar-refractivity contribution in [2.45, 2.75) is 39.8 Å². The summed E-state index contributed by atoms with van der Waals surface area (Å²) in [6.45, 7) is 4.99. The molecule has 2 unspecified atom stereocenters. The van der Waals surface area contributed by atoms with E-state index in [1.807, 2.05) is 0 Å². The number of ketones is 2.